The van der Waals surface area contributed by atoms with Crippen molar-refractivity contribution in [2.45, 2.75) is 12.7 Å². The van der Waals surface area contributed by atoms with Gasteiger partial charge in [-0.25, -0.2) is 14.8 Å². The topological polar surface area (TPSA) is 129 Å². The average Bonchev–Trinajstić information content (AvgIpc) is 3.38. The van der Waals surface area contributed by atoms with Crippen molar-refractivity contribution in [3.8, 4) is 11.4 Å². The van der Waals surface area contributed by atoms with Crippen LogP contribution >= 0.6 is 0 Å². The van der Waals surface area contributed by atoms with Crippen LogP contribution in [0.1, 0.15) is 5.56 Å². The van der Waals surface area contributed by atoms with E-state index in [4.69, 9.17) is 24.4 Å². The van der Waals surface area contributed by atoms with Crippen LogP contribution in [0.3, 0.4) is 0 Å². The molecule has 1 saturated heterocycles. The Bertz CT molecular complexity index is 1380. The van der Waals surface area contributed by atoms with Crippen LogP contribution in [0, 0.1) is 0 Å². The molecule has 2 aliphatic heterocycles. The lowest BCUT2D eigenvalue weighted by molar-refractivity contribution is -0.122. The van der Waals surface area contributed by atoms with Gasteiger partial charge in [0.2, 0.25) is 0 Å². The first kappa shape index (κ1) is 27.4. The van der Waals surface area contributed by atoms with Crippen LogP contribution in [-0.4, -0.2) is 78.7 Å². The van der Waals surface area contributed by atoms with Crippen LogP contribution in [-0.2, 0) is 16.0 Å². The van der Waals surface area contributed by atoms with E-state index in [-0.39, 0.29) is 0 Å². The highest BCUT2D eigenvalue weighted by molar-refractivity contribution is 5.90. The van der Waals surface area contributed by atoms with Gasteiger partial charge in [-0.15, -0.1) is 5.53 Å². The number of amides is 2. The molecule has 0 spiro atoms. The first-order chi connectivity index (χ1) is 19.3. The van der Waals surface area contributed by atoms with E-state index < -0.39 is 18.8 Å². The molecule has 0 unspecified atom stereocenters. The molecule has 12 nitrogen and oxygen atoms in total. The van der Waals surface area contributed by atoms with E-state index in [0.29, 0.717) is 73.4 Å². The lowest BCUT2D eigenvalue weighted by atomic mass is 10.1. The molecule has 2 aromatic heterocycles. The number of methoxy groups -OCH3 is 1. The zero-order chi connectivity index (χ0) is 28.1. The van der Waals surface area contributed by atoms with Crippen molar-refractivity contribution in [2.24, 2.45) is 0 Å². The summed E-state index contributed by atoms with van der Waals surface area (Å²) >= 11 is 0. The molecule has 0 atom stereocenters. The minimum Gasteiger partial charge on any atom is -0.378 e. The normalized spacial score (nSPS) is 15.7. The molecule has 0 aliphatic carbocycles. The Morgan fingerprint density at radius 3 is 2.67 bits per heavy atom. The monoisotopic (exact) mass is 559 g/mol. The number of hydrazine groups is 2. The molecule has 4 heterocycles. The minimum absolute atomic E-state index is 0.328. The Morgan fingerprint density at radius 1 is 1.18 bits per heavy atom. The molecule has 0 radical (unpaired) electrons. The van der Waals surface area contributed by atoms with Gasteiger partial charge in [0.15, 0.2) is 11.6 Å². The predicted molar refractivity (Wildman–Crippen MR) is 141 cm³/mol. The number of ether oxygens (including phenoxy) is 2. The molecule has 40 heavy (non-hydrogen) atoms. The zero-order valence-electron chi connectivity index (χ0n) is 21.6. The van der Waals surface area contributed by atoms with Crippen molar-refractivity contribution in [1.29, 1.82) is 0 Å². The number of aromatic nitrogens is 3. The molecular formula is C25H28F3N9O3. The number of hydrogen-bond donors (Lipinski definition) is 4. The second-order valence-corrected chi connectivity index (χ2v) is 9.13. The minimum atomic E-state index is -4.49. The fourth-order valence-corrected chi connectivity index (χ4v) is 4.22. The fraction of sp³-hybridized carbons (Fsp3) is 0.360. The van der Waals surface area contributed by atoms with Gasteiger partial charge in [-0.3, -0.25) is 9.99 Å². The quantitative estimate of drug-likeness (QED) is 0.327. The Kier molecular flexibility index (Phi) is 8.14. The molecule has 1 aromatic carbocycles. The molecule has 3 aromatic rings. The van der Waals surface area contributed by atoms with Crippen LogP contribution in [0.25, 0.3) is 22.4 Å². The maximum absolute atomic E-state index is 12.4. The van der Waals surface area contributed by atoms with Crippen LogP contribution in [0.5, 0.6) is 0 Å². The van der Waals surface area contributed by atoms with Crippen LogP contribution in [0.15, 0.2) is 48.4 Å². The second kappa shape index (κ2) is 11.9. The second-order valence-electron chi connectivity index (χ2n) is 9.13. The number of hydrogen-bond acceptors (Lipinski definition) is 10. The van der Waals surface area contributed by atoms with E-state index in [1.807, 2.05) is 17.3 Å². The van der Waals surface area contributed by atoms with E-state index in [1.165, 1.54) is 0 Å². The first-order valence-electron chi connectivity index (χ1n) is 12.5. The lowest BCUT2D eigenvalue weighted by Gasteiger charge is -2.28. The largest absolute Gasteiger partial charge is 0.405 e. The molecule has 0 bridgehead atoms. The third kappa shape index (κ3) is 6.86. The summed E-state index contributed by atoms with van der Waals surface area (Å²) in [6, 6.07) is 7.56. The van der Waals surface area contributed by atoms with Gasteiger partial charge in [-0.2, -0.15) is 13.2 Å². The summed E-state index contributed by atoms with van der Waals surface area (Å²) in [5.41, 5.74) is 10.2. The van der Waals surface area contributed by atoms with E-state index in [1.54, 1.807) is 42.9 Å². The molecule has 0 saturated carbocycles. The van der Waals surface area contributed by atoms with E-state index in [9.17, 15) is 18.0 Å². The van der Waals surface area contributed by atoms with Gasteiger partial charge in [0.05, 0.1) is 37.6 Å². The van der Waals surface area contributed by atoms with Crippen molar-refractivity contribution in [1.82, 2.24) is 36.2 Å². The maximum Gasteiger partial charge on any atom is 0.405 e. The first-order valence-corrected chi connectivity index (χ1v) is 12.5. The van der Waals surface area contributed by atoms with E-state index in [2.05, 4.69) is 21.2 Å². The van der Waals surface area contributed by atoms with Gasteiger partial charge in [-0.1, -0.05) is 0 Å². The van der Waals surface area contributed by atoms with Crippen molar-refractivity contribution in [2.75, 3.05) is 56.8 Å². The lowest BCUT2D eigenvalue weighted by Crippen LogP contribution is -2.37. The van der Waals surface area contributed by atoms with Gasteiger partial charge in [-0.05, 0) is 35.9 Å². The van der Waals surface area contributed by atoms with Gasteiger partial charge in [0, 0.05) is 43.8 Å². The Balaban J connectivity index is 1.40. The number of carbonyl (C=O) groups excluding carboxylic acids is 1. The number of fused-ring (bicyclic) bond motifs is 1. The number of rotatable bonds is 8. The number of pyridine rings is 1. The van der Waals surface area contributed by atoms with Crippen LogP contribution < -0.4 is 26.5 Å². The highest BCUT2D eigenvalue weighted by Crippen LogP contribution is 2.28. The number of carbonyl (C=O) groups is 1. The van der Waals surface area contributed by atoms with E-state index in [0.717, 1.165) is 11.3 Å². The Hall–Kier alpha value is -4.21. The number of anilines is 2. The smallest absolute Gasteiger partial charge is 0.378 e. The third-order valence-electron chi connectivity index (χ3n) is 6.06. The van der Waals surface area contributed by atoms with Crippen molar-refractivity contribution >= 4 is 28.6 Å². The molecule has 15 heteroatoms. The molecular weight excluding hydrogens is 531 g/mol. The van der Waals surface area contributed by atoms with Crippen molar-refractivity contribution in [3.63, 3.8) is 0 Å². The molecule has 212 valence electrons. The van der Waals surface area contributed by atoms with Crippen LogP contribution in [0.2, 0.25) is 0 Å². The Morgan fingerprint density at radius 2 is 1.95 bits per heavy atom. The summed E-state index contributed by atoms with van der Waals surface area (Å²) in [5.74, 6) is 1.14. The summed E-state index contributed by atoms with van der Waals surface area (Å²) in [6.07, 6.45) is -0.784. The van der Waals surface area contributed by atoms with Gasteiger partial charge < -0.3 is 30.4 Å². The number of urea groups is 1. The number of alkyl halides is 3. The highest BCUT2D eigenvalue weighted by Gasteiger charge is 2.27. The average molecular weight is 560 g/mol. The van der Waals surface area contributed by atoms with Gasteiger partial charge >= 0.3 is 12.2 Å². The summed E-state index contributed by atoms with van der Waals surface area (Å²) in [7, 11) is 1.63. The molecule has 1 fully saturated rings. The highest BCUT2D eigenvalue weighted by atomic mass is 19.4. The van der Waals surface area contributed by atoms with E-state index >= 15 is 0 Å². The standard InChI is InChI=1S/C25H28F3N9O3/c1-39-14-19-13-37(35-34-19)12-16-10-20-21(29-11-16)23(36-6-8-40-9-7-36)33-22(32-20)17-2-4-18(5-3-17)31-24(38)30-15-25(26,27)28/h2-5,10-11,13,34-35H,6-9,12,14-15H2,1H3,(H2,30,31,38). The van der Waals surface area contributed by atoms with Crippen molar-refractivity contribution < 1.29 is 27.4 Å². The number of nitrogens with zero attached hydrogens (tertiary/aromatic N) is 5. The molecule has 2 amide bonds. The molecule has 4 N–H and O–H groups in total. The molecule has 2 aliphatic rings. The number of benzene rings is 1. The Labute approximate surface area is 227 Å². The summed E-state index contributed by atoms with van der Waals surface area (Å²) in [4.78, 5) is 28.2. The number of morpholine rings is 1. The zero-order valence-corrected chi connectivity index (χ0v) is 21.6. The maximum atomic E-state index is 12.4. The van der Waals surface area contributed by atoms with Gasteiger partial charge in [0.1, 0.15) is 12.1 Å². The fourth-order valence-electron chi connectivity index (χ4n) is 4.22. The number of nitrogens with one attached hydrogen (secondary N) is 4. The van der Waals surface area contributed by atoms with Crippen LogP contribution in [0.4, 0.5) is 29.5 Å². The summed E-state index contributed by atoms with van der Waals surface area (Å²) in [5, 5.41) is 6.04. The van der Waals surface area contributed by atoms with Crippen molar-refractivity contribution in [3.05, 3.63) is 54.0 Å². The SMILES string of the molecule is COCC1=CN(Cc2cnc3c(N4CCOCC4)nc(-c4ccc(NC(=O)NCC(F)(F)F)cc4)nc3c2)NN1. The summed E-state index contributed by atoms with van der Waals surface area (Å²) < 4.78 is 47.7. The van der Waals surface area contributed by atoms with Gasteiger partial charge in [0.25, 0.3) is 0 Å². The number of halogens is 3. The molecule has 5 rings (SSSR count). The third-order valence-corrected chi connectivity index (χ3v) is 6.06. The summed E-state index contributed by atoms with van der Waals surface area (Å²) in [6.45, 7) is 2.00. The predicted octanol–water partition coefficient (Wildman–Crippen LogP) is 2.52.